The quantitative estimate of drug-likeness (QED) is 0.867. The van der Waals surface area contributed by atoms with Gasteiger partial charge in [0.05, 0.1) is 6.10 Å². The number of aryl methyl sites for hydroxylation is 1. The Morgan fingerprint density at radius 3 is 2.72 bits per heavy atom. The largest absolute Gasteiger partial charge is 0.459 e. The number of anilines is 1. The summed E-state index contributed by atoms with van der Waals surface area (Å²) in [6.07, 6.45) is -0.145. The fourth-order valence-electron chi connectivity index (χ4n) is 1.76. The van der Waals surface area contributed by atoms with Crippen LogP contribution in [0.15, 0.2) is 17.5 Å². The van der Waals surface area contributed by atoms with E-state index < -0.39 is 0 Å². The SMILES string of the molecule is Cc1sc(N)c(C(=O)OC(C)C)c1-c1cccs1. The van der Waals surface area contributed by atoms with E-state index in [4.69, 9.17) is 10.5 Å². The van der Waals surface area contributed by atoms with Crippen molar-refractivity contribution in [3.63, 3.8) is 0 Å². The maximum Gasteiger partial charge on any atom is 0.342 e. The first-order valence-electron chi connectivity index (χ1n) is 5.64. The third-order valence-electron chi connectivity index (χ3n) is 2.43. The molecule has 0 saturated carbocycles. The molecular formula is C13H15NO2S2. The van der Waals surface area contributed by atoms with E-state index in [0.29, 0.717) is 10.6 Å². The molecule has 2 aromatic rings. The lowest BCUT2D eigenvalue weighted by molar-refractivity contribution is 0.0380. The number of nitrogen functional groups attached to an aromatic ring is 1. The zero-order valence-corrected chi connectivity index (χ0v) is 12.2. The molecule has 0 aliphatic rings. The predicted molar refractivity (Wildman–Crippen MR) is 77.3 cm³/mol. The van der Waals surface area contributed by atoms with Crippen molar-refractivity contribution in [2.75, 3.05) is 5.73 Å². The maximum atomic E-state index is 12.1. The van der Waals surface area contributed by atoms with Crippen LogP contribution in [0, 0.1) is 6.92 Å². The number of hydrogen-bond donors (Lipinski definition) is 1. The first-order chi connectivity index (χ1) is 8.50. The van der Waals surface area contributed by atoms with E-state index in [1.54, 1.807) is 11.3 Å². The minimum absolute atomic E-state index is 0.145. The second-order valence-electron chi connectivity index (χ2n) is 4.20. The van der Waals surface area contributed by atoms with E-state index in [-0.39, 0.29) is 12.1 Å². The van der Waals surface area contributed by atoms with Crippen LogP contribution in [0.3, 0.4) is 0 Å². The van der Waals surface area contributed by atoms with Crippen LogP contribution in [-0.2, 0) is 4.74 Å². The molecule has 0 bridgehead atoms. The molecule has 0 spiro atoms. The number of nitrogens with two attached hydrogens (primary N) is 1. The molecule has 0 aromatic carbocycles. The molecule has 0 radical (unpaired) electrons. The van der Waals surface area contributed by atoms with Gasteiger partial charge in [-0.3, -0.25) is 0 Å². The van der Waals surface area contributed by atoms with Crippen molar-refractivity contribution in [2.24, 2.45) is 0 Å². The molecule has 0 aliphatic heterocycles. The Kier molecular flexibility index (Phi) is 3.73. The third-order valence-corrected chi connectivity index (χ3v) is 4.25. The van der Waals surface area contributed by atoms with Gasteiger partial charge >= 0.3 is 5.97 Å². The molecule has 0 saturated heterocycles. The molecule has 0 aliphatic carbocycles. The number of rotatable bonds is 3. The number of esters is 1. The van der Waals surface area contributed by atoms with Gasteiger partial charge in [-0.05, 0) is 32.2 Å². The van der Waals surface area contributed by atoms with Gasteiger partial charge in [-0.15, -0.1) is 22.7 Å². The second kappa shape index (κ2) is 5.12. The Morgan fingerprint density at radius 1 is 1.44 bits per heavy atom. The summed E-state index contributed by atoms with van der Waals surface area (Å²) in [5.74, 6) is -0.338. The molecule has 0 atom stereocenters. The number of carbonyl (C=O) groups excluding carboxylic acids is 1. The van der Waals surface area contributed by atoms with Crippen LogP contribution >= 0.6 is 22.7 Å². The zero-order valence-electron chi connectivity index (χ0n) is 10.5. The summed E-state index contributed by atoms with van der Waals surface area (Å²) in [6.45, 7) is 5.64. The summed E-state index contributed by atoms with van der Waals surface area (Å²) in [5.41, 5.74) is 7.37. The van der Waals surface area contributed by atoms with Crippen LogP contribution < -0.4 is 5.73 Å². The highest BCUT2D eigenvalue weighted by Gasteiger charge is 2.24. The van der Waals surface area contributed by atoms with Crippen molar-refractivity contribution in [3.8, 4) is 10.4 Å². The summed E-state index contributed by atoms with van der Waals surface area (Å²) in [5, 5.41) is 2.52. The highest BCUT2D eigenvalue weighted by molar-refractivity contribution is 7.18. The summed E-state index contributed by atoms with van der Waals surface area (Å²) in [4.78, 5) is 14.2. The lowest BCUT2D eigenvalue weighted by Gasteiger charge is -2.09. The molecular weight excluding hydrogens is 266 g/mol. The molecule has 0 fully saturated rings. The standard InChI is InChI=1S/C13H15NO2S2/c1-7(2)16-13(15)11-10(8(3)18-12(11)14)9-5-4-6-17-9/h4-7H,14H2,1-3H3. The van der Waals surface area contributed by atoms with Gasteiger partial charge in [-0.1, -0.05) is 6.07 Å². The average Bonchev–Trinajstić information content (AvgIpc) is 2.84. The second-order valence-corrected chi connectivity index (χ2v) is 6.41. The van der Waals surface area contributed by atoms with Crippen LogP contribution in [0.2, 0.25) is 0 Å². The van der Waals surface area contributed by atoms with Gasteiger partial charge in [0.15, 0.2) is 0 Å². The van der Waals surface area contributed by atoms with E-state index in [2.05, 4.69) is 0 Å². The predicted octanol–water partition coefficient (Wildman–Crippen LogP) is 3.93. The molecule has 5 heteroatoms. The Labute approximate surface area is 114 Å². The van der Waals surface area contributed by atoms with E-state index in [0.717, 1.165) is 15.3 Å². The molecule has 0 amide bonds. The maximum absolute atomic E-state index is 12.1. The van der Waals surface area contributed by atoms with Crippen molar-refractivity contribution in [3.05, 3.63) is 28.0 Å². The smallest absolute Gasteiger partial charge is 0.342 e. The van der Waals surface area contributed by atoms with E-state index >= 15 is 0 Å². The Hall–Kier alpha value is -1.33. The molecule has 2 heterocycles. The van der Waals surface area contributed by atoms with E-state index in [1.807, 2.05) is 38.3 Å². The van der Waals surface area contributed by atoms with Crippen molar-refractivity contribution in [1.29, 1.82) is 0 Å². The van der Waals surface area contributed by atoms with Crippen LogP contribution in [0.1, 0.15) is 29.1 Å². The van der Waals surface area contributed by atoms with Crippen molar-refractivity contribution in [1.82, 2.24) is 0 Å². The minimum atomic E-state index is -0.338. The third kappa shape index (κ3) is 2.42. The number of carbonyl (C=O) groups is 1. The van der Waals surface area contributed by atoms with E-state index in [1.165, 1.54) is 11.3 Å². The van der Waals surface area contributed by atoms with Crippen molar-refractivity contribution < 1.29 is 9.53 Å². The van der Waals surface area contributed by atoms with Crippen LogP contribution in [0.25, 0.3) is 10.4 Å². The fraction of sp³-hybridized carbons (Fsp3) is 0.308. The Balaban J connectivity index is 2.50. The van der Waals surface area contributed by atoms with Crippen LogP contribution in [-0.4, -0.2) is 12.1 Å². The van der Waals surface area contributed by atoms with Gasteiger partial charge in [-0.2, -0.15) is 0 Å². The summed E-state index contributed by atoms with van der Waals surface area (Å²) in [6, 6.07) is 3.95. The lowest BCUT2D eigenvalue weighted by atomic mass is 10.1. The topological polar surface area (TPSA) is 52.3 Å². The first kappa shape index (κ1) is 13.1. The normalized spacial score (nSPS) is 10.9. The highest BCUT2D eigenvalue weighted by Crippen LogP contribution is 2.40. The minimum Gasteiger partial charge on any atom is -0.459 e. The molecule has 2 aromatic heterocycles. The summed E-state index contributed by atoms with van der Waals surface area (Å²) < 4.78 is 5.26. The Morgan fingerprint density at radius 2 is 2.17 bits per heavy atom. The Bertz CT molecular complexity index is 556. The van der Waals surface area contributed by atoms with Gasteiger partial charge in [0, 0.05) is 15.3 Å². The lowest BCUT2D eigenvalue weighted by Crippen LogP contribution is -2.13. The first-order valence-corrected chi connectivity index (χ1v) is 7.34. The molecule has 0 unspecified atom stereocenters. The highest BCUT2D eigenvalue weighted by atomic mass is 32.1. The van der Waals surface area contributed by atoms with Gasteiger partial charge in [-0.25, -0.2) is 4.79 Å². The monoisotopic (exact) mass is 281 g/mol. The zero-order chi connectivity index (χ0) is 13.3. The molecule has 3 nitrogen and oxygen atoms in total. The van der Waals surface area contributed by atoms with Gasteiger partial charge < -0.3 is 10.5 Å². The number of hydrogen-bond acceptors (Lipinski definition) is 5. The van der Waals surface area contributed by atoms with Crippen LogP contribution in [0.4, 0.5) is 5.00 Å². The average molecular weight is 281 g/mol. The van der Waals surface area contributed by atoms with E-state index in [9.17, 15) is 4.79 Å². The van der Waals surface area contributed by atoms with Gasteiger partial charge in [0.1, 0.15) is 10.6 Å². The molecule has 2 rings (SSSR count). The number of thiophene rings is 2. The van der Waals surface area contributed by atoms with Gasteiger partial charge in [0.25, 0.3) is 0 Å². The van der Waals surface area contributed by atoms with Crippen molar-refractivity contribution >= 4 is 33.6 Å². The summed E-state index contributed by atoms with van der Waals surface area (Å²) >= 11 is 3.03. The van der Waals surface area contributed by atoms with Gasteiger partial charge in [0.2, 0.25) is 0 Å². The summed E-state index contributed by atoms with van der Waals surface area (Å²) in [7, 11) is 0. The van der Waals surface area contributed by atoms with Crippen molar-refractivity contribution in [2.45, 2.75) is 26.9 Å². The molecule has 2 N–H and O–H groups in total. The van der Waals surface area contributed by atoms with Crippen LogP contribution in [0.5, 0.6) is 0 Å². The fourth-order valence-corrected chi connectivity index (χ4v) is 3.59. The molecule has 96 valence electrons. The number of ether oxygens (including phenoxy) is 1. The molecule has 18 heavy (non-hydrogen) atoms.